The van der Waals surface area contributed by atoms with Crippen LogP contribution < -0.4 is 0 Å². The standard InChI is InChI=1S/C12H16N4OS/c1-4-17-8(2)12-14-10(5-11(18)15-12)9-6-13-16(3)7-9/h5-8H,4H2,1-3H3,(H,14,15,18). The Morgan fingerprint density at radius 1 is 1.56 bits per heavy atom. The molecule has 2 heterocycles. The van der Waals surface area contributed by atoms with Crippen molar-refractivity contribution in [3.63, 3.8) is 0 Å². The van der Waals surface area contributed by atoms with Gasteiger partial charge in [-0.2, -0.15) is 5.10 Å². The molecular formula is C12H16N4OS. The monoisotopic (exact) mass is 264 g/mol. The van der Waals surface area contributed by atoms with Gasteiger partial charge >= 0.3 is 0 Å². The summed E-state index contributed by atoms with van der Waals surface area (Å²) in [4.78, 5) is 7.54. The summed E-state index contributed by atoms with van der Waals surface area (Å²) in [5.41, 5.74) is 1.89. The van der Waals surface area contributed by atoms with E-state index in [0.717, 1.165) is 17.1 Å². The molecule has 1 unspecified atom stereocenters. The van der Waals surface area contributed by atoms with Gasteiger partial charge < -0.3 is 9.72 Å². The number of ether oxygens (including phenoxy) is 1. The predicted octanol–water partition coefficient (Wildman–Crippen LogP) is 2.64. The van der Waals surface area contributed by atoms with Gasteiger partial charge in [-0.1, -0.05) is 12.2 Å². The lowest BCUT2D eigenvalue weighted by molar-refractivity contribution is 0.0700. The zero-order valence-electron chi connectivity index (χ0n) is 10.7. The summed E-state index contributed by atoms with van der Waals surface area (Å²) in [5, 5.41) is 4.14. The van der Waals surface area contributed by atoms with Gasteiger partial charge in [-0.3, -0.25) is 4.68 Å². The fourth-order valence-corrected chi connectivity index (χ4v) is 1.93. The van der Waals surface area contributed by atoms with Crippen LogP contribution in [0, 0.1) is 4.64 Å². The highest BCUT2D eigenvalue weighted by Gasteiger charge is 2.10. The van der Waals surface area contributed by atoms with Gasteiger partial charge in [0.2, 0.25) is 0 Å². The number of aryl methyl sites for hydroxylation is 1. The smallest absolute Gasteiger partial charge is 0.137 e. The molecule has 5 nitrogen and oxygen atoms in total. The molecule has 0 bridgehead atoms. The quantitative estimate of drug-likeness (QED) is 0.862. The molecule has 1 N–H and O–H groups in total. The molecule has 2 rings (SSSR count). The van der Waals surface area contributed by atoms with E-state index < -0.39 is 0 Å². The minimum absolute atomic E-state index is 0.103. The van der Waals surface area contributed by atoms with Gasteiger partial charge in [0.15, 0.2) is 0 Å². The van der Waals surface area contributed by atoms with E-state index in [4.69, 9.17) is 17.0 Å². The van der Waals surface area contributed by atoms with Crippen molar-refractivity contribution in [3.8, 4) is 11.3 Å². The van der Waals surface area contributed by atoms with Gasteiger partial charge in [0.05, 0.1) is 11.9 Å². The Bertz CT molecular complexity index is 590. The van der Waals surface area contributed by atoms with Crippen molar-refractivity contribution in [1.82, 2.24) is 19.7 Å². The molecule has 0 spiro atoms. The topological polar surface area (TPSA) is 55.7 Å². The van der Waals surface area contributed by atoms with Gasteiger partial charge in [-0.05, 0) is 19.9 Å². The van der Waals surface area contributed by atoms with Crippen molar-refractivity contribution in [2.45, 2.75) is 20.0 Å². The molecule has 0 aromatic carbocycles. The van der Waals surface area contributed by atoms with E-state index in [9.17, 15) is 0 Å². The lowest BCUT2D eigenvalue weighted by Crippen LogP contribution is -2.06. The number of aromatic nitrogens is 4. The van der Waals surface area contributed by atoms with Crippen molar-refractivity contribution in [2.75, 3.05) is 6.61 Å². The van der Waals surface area contributed by atoms with Crippen LogP contribution in [0.5, 0.6) is 0 Å². The molecule has 0 saturated carbocycles. The predicted molar refractivity (Wildman–Crippen MR) is 71.7 cm³/mol. The number of H-pyrrole nitrogens is 1. The van der Waals surface area contributed by atoms with E-state index in [0.29, 0.717) is 11.2 Å². The number of nitrogens with one attached hydrogen (secondary N) is 1. The van der Waals surface area contributed by atoms with E-state index >= 15 is 0 Å². The maximum Gasteiger partial charge on any atom is 0.137 e. The molecule has 0 aliphatic heterocycles. The van der Waals surface area contributed by atoms with E-state index in [1.807, 2.05) is 33.2 Å². The maximum absolute atomic E-state index is 5.52. The van der Waals surface area contributed by atoms with Crippen LogP contribution in [-0.4, -0.2) is 26.4 Å². The Morgan fingerprint density at radius 3 is 2.94 bits per heavy atom. The number of aromatic amines is 1. The van der Waals surface area contributed by atoms with Crippen molar-refractivity contribution < 1.29 is 4.74 Å². The summed E-state index contributed by atoms with van der Waals surface area (Å²) in [6.45, 7) is 4.54. The Morgan fingerprint density at radius 2 is 2.33 bits per heavy atom. The number of hydrogen-bond acceptors (Lipinski definition) is 4. The molecule has 18 heavy (non-hydrogen) atoms. The molecule has 0 fully saturated rings. The summed E-state index contributed by atoms with van der Waals surface area (Å²) < 4.78 is 7.82. The van der Waals surface area contributed by atoms with Crippen molar-refractivity contribution in [3.05, 3.63) is 28.9 Å². The molecule has 96 valence electrons. The second-order valence-corrected chi connectivity index (χ2v) is 4.44. The fraction of sp³-hybridized carbons (Fsp3) is 0.417. The Labute approximate surface area is 111 Å². The van der Waals surface area contributed by atoms with Gasteiger partial charge in [-0.15, -0.1) is 0 Å². The third kappa shape index (κ3) is 2.83. The normalized spacial score (nSPS) is 12.6. The molecule has 2 aromatic heterocycles. The van der Waals surface area contributed by atoms with Crippen LogP contribution in [0.1, 0.15) is 25.8 Å². The highest BCUT2D eigenvalue weighted by molar-refractivity contribution is 7.71. The summed E-state index contributed by atoms with van der Waals surface area (Å²) in [7, 11) is 1.88. The lowest BCUT2D eigenvalue weighted by atomic mass is 10.2. The molecule has 6 heteroatoms. The Kier molecular flexibility index (Phi) is 3.88. The minimum atomic E-state index is -0.103. The van der Waals surface area contributed by atoms with Crippen LogP contribution in [0.25, 0.3) is 11.3 Å². The van der Waals surface area contributed by atoms with Crippen LogP contribution in [-0.2, 0) is 11.8 Å². The number of hydrogen-bond donors (Lipinski definition) is 1. The van der Waals surface area contributed by atoms with Crippen molar-refractivity contribution >= 4 is 12.2 Å². The van der Waals surface area contributed by atoms with E-state index in [-0.39, 0.29) is 6.10 Å². The molecule has 0 amide bonds. The highest BCUT2D eigenvalue weighted by Crippen LogP contribution is 2.19. The van der Waals surface area contributed by atoms with Gasteiger partial charge in [-0.25, -0.2) is 4.98 Å². The van der Waals surface area contributed by atoms with Crippen LogP contribution in [0.2, 0.25) is 0 Å². The molecule has 0 aliphatic carbocycles. The molecule has 0 radical (unpaired) electrons. The number of rotatable bonds is 4. The maximum atomic E-state index is 5.52. The molecule has 0 aliphatic rings. The summed E-state index contributed by atoms with van der Waals surface area (Å²) >= 11 is 5.18. The molecular weight excluding hydrogens is 248 g/mol. The SMILES string of the molecule is CCOC(C)c1nc(=S)cc(-c2cnn(C)c2)[nH]1. The van der Waals surface area contributed by atoms with Gasteiger partial charge in [0.1, 0.15) is 16.6 Å². The molecule has 1 atom stereocenters. The summed E-state index contributed by atoms with van der Waals surface area (Å²) in [5.74, 6) is 0.739. The fourth-order valence-electron chi connectivity index (χ4n) is 1.71. The first-order chi connectivity index (χ1) is 8.60. The van der Waals surface area contributed by atoms with Gasteiger partial charge in [0, 0.05) is 25.4 Å². The van der Waals surface area contributed by atoms with Crippen molar-refractivity contribution in [2.24, 2.45) is 7.05 Å². The lowest BCUT2D eigenvalue weighted by Gasteiger charge is -2.12. The zero-order valence-corrected chi connectivity index (χ0v) is 11.5. The average Bonchev–Trinajstić information content (AvgIpc) is 2.75. The highest BCUT2D eigenvalue weighted by atomic mass is 32.1. The second kappa shape index (κ2) is 5.41. The van der Waals surface area contributed by atoms with Gasteiger partial charge in [0.25, 0.3) is 0 Å². The van der Waals surface area contributed by atoms with Crippen LogP contribution in [0.3, 0.4) is 0 Å². The van der Waals surface area contributed by atoms with E-state index in [1.165, 1.54) is 0 Å². The first kappa shape index (κ1) is 12.9. The average molecular weight is 264 g/mol. The third-order valence-corrected chi connectivity index (χ3v) is 2.79. The largest absolute Gasteiger partial charge is 0.371 e. The first-order valence-corrected chi connectivity index (χ1v) is 6.23. The second-order valence-electron chi connectivity index (χ2n) is 4.02. The van der Waals surface area contributed by atoms with Crippen molar-refractivity contribution in [1.29, 1.82) is 0 Å². The third-order valence-electron chi connectivity index (χ3n) is 2.58. The molecule has 0 saturated heterocycles. The first-order valence-electron chi connectivity index (χ1n) is 5.82. The summed E-state index contributed by atoms with van der Waals surface area (Å²) in [6, 6.07) is 1.83. The Hall–Kier alpha value is -1.53. The van der Waals surface area contributed by atoms with Crippen LogP contribution in [0.15, 0.2) is 18.5 Å². The van der Waals surface area contributed by atoms with Crippen LogP contribution in [0.4, 0.5) is 0 Å². The molecule has 2 aromatic rings. The summed E-state index contributed by atoms with van der Waals surface area (Å²) in [6.07, 6.45) is 3.61. The van der Waals surface area contributed by atoms with Crippen LogP contribution >= 0.6 is 12.2 Å². The van der Waals surface area contributed by atoms with E-state index in [2.05, 4.69) is 15.1 Å². The minimum Gasteiger partial charge on any atom is -0.371 e. The van der Waals surface area contributed by atoms with E-state index in [1.54, 1.807) is 10.9 Å². The zero-order chi connectivity index (χ0) is 13.1. The number of nitrogens with zero attached hydrogens (tertiary/aromatic N) is 3. The Balaban J connectivity index is 2.41.